The summed E-state index contributed by atoms with van der Waals surface area (Å²) in [6.07, 6.45) is 0. The molecule has 0 aliphatic rings. The van der Waals surface area contributed by atoms with Crippen molar-refractivity contribution >= 4 is 35.2 Å². The monoisotopic (exact) mass is 321 g/mol. The molecule has 0 fully saturated rings. The minimum absolute atomic E-state index is 0.349. The third-order valence-electron chi connectivity index (χ3n) is 2.09. The second-order valence-corrected chi connectivity index (χ2v) is 4.13. The highest BCUT2D eigenvalue weighted by atomic mass is 35.5. The van der Waals surface area contributed by atoms with Gasteiger partial charge in [0.2, 0.25) is 5.91 Å². The average Bonchev–Trinajstić information content (AvgIpc) is 2.38. The van der Waals surface area contributed by atoms with E-state index in [0.717, 1.165) is 6.07 Å². The van der Waals surface area contributed by atoms with Gasteiger partial charge in [-0.25, -0.2) is 13.6 Å². The van der Waals surface area contributed by atoms with Crippen LogP contribution in [0.3, 0.4) is 0 Å². The molecule has 0 aromatic heterocycles. The third kappa shape index (κ3) is 5.61. The van der Waals surface area contributed by atoms with Gasteiger partial charge in [-0.05, 0) is 6.07 Å². The van der Waals surface area contributed by atoms with Gasteiger partial charge >= 0.3 is 12.0 Å². The van der Waals surface area contributed by atoms with E-state index >= 15 is 0 Å². The summed E-state index contributed by atoms with van der Waals surface area (Å²) < 4.78 is 26.2. The lowest BCUT2D eigenvalue weighted by Crippen LogP contribution is -2.40. The molecular formula is C11H10ClF2N3O4. The smallest absolute Gasteiger partial charge is 0.322 e. The van der Waals surface area contributed by atoms with Crippen molar-refractivity contribution in [3.8, 4) is 0 Å². The summed E-state index contributed by atoms with van der Waals surface area (Å²) in [7, 11) is 0. The van der Waals surface area contributed by atoms with E-state index in [9.17, 15) is 23.2 Å². The molecule has 1 aromatic carbocycles. The van der Waals surface area contributed by atoms with Crippen molar-refractivity contribution in [1.82, 2.24) is 10.6 Å². The van der Waals surface area contributed by atoms with Gasteiger partial charge in [0.1, 0.15) is 12.4 Å². The first-order valence-corrected chi connectivity index (χ1v) is 5.85. The fourth-order valence-electron chi connectivity index (χ4n) is 1.22. The number of urea groups is 1. The summed E-state index contributed by atoms with van der Waals surface area (Å²) in [5, 5.41) is 14.0. The van der Waals surface area contributed by atoms with Crippen molar-refractivity contribution in [3.63, 3.8) is 0 Å². The van der Waals surface area contributed by atoms with Crippen molar-refractivity contribution in [3.05, 3.63) is 28.8 Å². The van der Waals surface area contributed by atoms with Crippen LogP contribution in [0.5, 0.6) is 0 Å². The second kappa shape index (κ2) is 7.39. The van der Waals surface area contributed by atoms with E-state index < -0.39 is 48.3 Å². The van der Waals surface area contributed by atoms with Crippen LogP contribution in [0, 0.1) is 11.6 Å². The number of benzene rings is 1. The average molecular weight is 322 g/mol. The molecule has 0 bridgehead atoms. The van der Waals surface area contributed by atoms with E-state index in [1.165, 1.54) is 0 Å². The predicted molar refractivity (Wildman–Crippen MR) is 69.0 cm³/mol. The molecule has 1 rings (SSSR count). The third-order valence-corrected chi connectivity index (χ3v) is 2.39. The van der Waals surface area contributed by atoms with Crippen molar-refractivity contribution in [2.45, 2.75) is 0 Å². The highest BCUT2D eigenvalue weighted by Gasteiger charge is 2.13. The molecule has 3 amide bonds. The molecule has 0 spiro atoms. The van der Waals surface area contributed by atoms with Gasteiger partial charge in [0.25, 0.3) is 0 Å². The first-order chi connectivity index (χ1) is 9.79. The van der Waals surface area contributed by atoms with Crippen LogP contribution in [0.2, 0.25) is 5.02 Å². The summed E-state index contributed by atoms with van der Waals surface area (Å²) in [6.45, 7) is -1.12. The van der Waals surface area contributed by atoms with Gasteiger partial charge in [-0.2, -0.15) is 0 Å². The zero-order valence-electron chi connectivity index (χ0n) is 10.4. The van der Waals surface area contributed by atoms with E-state index in [0.29, 0.717) is 6.07 Å². The lowest BCUT2D eigenvalue weighted by atomic mass is 10.3. The Morgan fingerprint density at radius 3 is 2.38 bits per heavy atom. The first kappa shape index (κ1) is 16.6. The van der Waals surface area contributed by atoms with Crippen LogP contribution in [0.15, 0.2) is 12.1 Å². The van der Waals surface area contributed by atoms with Gasteiger partial charge < -0.3 is 21.1 Å². The maximum Gasteiger partial charge on any atom is 0.322 e. The van der Waals surface area contributed by atoms with Gasteiger partial charge in [-0.1, -0.05) is 11.6 Å². The van der Waals surface area contributed by atoms with Crippen LogP contribution in [0.25, 0.3) is 0 Å². The van der Waals surface area contributed by atoms with Gasteiger partial charge in [0, 0.05) is 6.07 Å². The summed E-state index contributed by atoms with van der Waals surface area (Å²) >= 11 is 5.56. The molecule has 0 atom stereocenters. The number of carbonyl (C=O) groups is 3. The number of halogens is 3. The number of nitrogens with one attached hydrogen (secondary N) is 3. The molecule has 0 aliphatic carbocycles. The minimum Gasteiger partial charge on any atom is -0.480 e. The molecule has 7 nitrogen and oxygen atoms in total. The Morgan fingerprint density at radius 2 is 1.81 bits per heavy atom. The number of carboxylic acid groups (broad SMARTS) is 1. The quantitative estimate of drug-likeness (QED) is 0.647. The molecule has 0 unspecified atom stereocenters. The zero-order valence-corrected chi connectivity index (χ0v) is 11.1. The standard InChI is InChI=1S/C11H10ClF2N3O4/c12-6-1-5(13)2-7(14)10(6)17-11(21)16-3-8(18)15-4-9(19)20/h1-2H,3-4H2,(H,15,18)(H,19,20)(H2,16,17,21). The van der Waals surface area contributed by atoms with Crippen LogP contribution in [-0.4, -0.2) is 36.1 Å². The van der Waals surface area contributed by atoms with Gasteiger partial charge in [-0.3, -0.25) is 9.59 Å². The van der Waals surface area contributed by atoms with Crippen molar-refractivity contribution < 1.29 is 28.3 Å². The van der Waals surface area contributed by atoms with E-state index in [2.05, 4.69) is 0 Å². The van der Waals surface area contributed by atoms with Crippen LogP contribution in [0.1, 0.15) is 0 Å². The van der Waals surface area contributed by atoms with Crippen molar-refractivity contribution in [1.29, 1.82) is 0 Å². The molecule has 0 heterocycles. The Bertz CT molecular complexity index is 560. The number of amides is 3. The predicted octanol–water partition coefficient (Wildman–Crippen LogP) is 0.940. The lowest BCUT2D eigenvalue weighted by Gasteiger charge is -2.10. The number of rotatable bonds is 5. The number of hydrogen-bond acceptors (Lipinski definition) is 3. The van der Waals surface area contributed by atoms with E-state index in [1.807, 2.05) is 16.0 Å². The summed E-state index contributed by atoms with van der Waals surface area (Å²) in [5.41, 5.74) is -0.443. The maximum absolute atomic E-state index is 13.4. The van der Waals surface area contributed by atoms with Gasteiger partial charge in [0.15, 0.2) is 5.82 Å². The normalized spacial score (nSPS) is 9.86. The molecule has 4 N–H and O–H groups in total. The molecule has 0 saturated carbocycles. The SMILES string of the molecule is O=C(O)CNC(=O)CNC(=O)Nc1c(F)cc(F)cc1Cl. The second-order valence-electron chi connectivity index (χ2n) is 3.72. The minimum atomic E-state index is -1.24. The molecule has 1 aromatic rings. The zero-order chi connectivity index (χ0) is 16.0. The maximum atomic E-state index is 13.4. The van der Waals surface area contributed by atoms with Crippen LogP contribution in [-0.2, 0) is 9.59 Å². The first-order valence-electron chi connectivity index (χ1n) is 5.47. The number of hydrogen-bond donors (Lipinski definition) is 4. The van der Waals surface area contributed by atoms with E-state index in [4.69, 9.17) is 16.7 Å². The fraction of sp³-hybridized carbons (Fsp3) is 0.182. The largest absolute Gasteiger partial charge is 0.480 e. The molecule has 0 radical (unpaired) electrons. The van der Waals surface area contributed by atoms with Crippen LogP contribution in [0.4, 0.5) is 19.3 Å². The van der Waals surface area contributed by atoms with Gasteiger partial charge in [-0.15, -0.1) is 0 Å². The van der Waals surface area contributed by atoms with E-state index in [1.54, 1.807) is 0 Å². The topological polar surface area (TPSA) is 108 Å². The molecule has 10 heteroatoms. The van der Waals surface area contributed by atoms with Crippen LogP contribution >= 0.6 is 11.6 Å². The lowest BCUT2D eigenvalue weighted by molar-refractivity contribution is -0.137. The highest BCUT2D eigenvalue weighted by Crippen LogP contribution is 2.26. The van der Waals surface area contributed by atoms with Crippen molar-refractivity contribution in [2.75, 3.05) is 18.4 Å². The van der Waals surface area contributed by atoms with Gasteiger partial charge in [0.05, 0.1) is 17.3 Å². The number of aliphatic carboxylic acids is 1. The molecular weight excluding hydrogens is 312 g/mol. The number of carbonyl (C=O) groups excluding carboxylic acids is 2. The van der Waals surface area contributed by atoms with E-state index in [-0.39, 0.29) is 5.02 Å². The number of anilines is 1. The van der Waals surface area contributed by atoms with Crippen molar-refractivity contribution in [2.24, 2.45) is 0 Å². The number of carboxylic acids is 1. The Kier molecular flexibility index (Phi) is 5.85. The Hall–Kier alpha value is -2.42. The van der Waals surface area contributed by atoms with Crippen LogP contribution < -0.4 is 16.0 Å². The Balaban J connectivity index is 2.51. The molecule has 114 valence electrons. The molecule has 21 heavy (non-hydrogen) atoms. The summed E-state index contributed by atoms with van der Waals surface area (Å²) in [5.74, 6) is -3.98. The highest BCUT2D eigenvalue weighted by molar-refractivity contribution is 6.33. The summed E-state index contributed by atoms with van der Waals surface area (Å²) in [4.78, 5) is 32.7. The Morgan fingerprint density at radius 1 is 1.14 bits per heavy atom. The molecule has 0 aliphatic heterocycles. The Labute approximate surface area is 122 Å². The summed E-state index contributed by atoms with van der Waals surface area (Å²) in [6, 6.07) is 0.369. The molecule has 0 saturated heterocycles. The fourth-order valence-corrected chi connectivity index (χ4v) is 1.46.